The minimum Gasteiger partial charge on any atom is -0.465 e. The van der Waals surface area contributed by atoms with Crippen LogP contribution in [0, 0.1) is 12.5 Å². The molecule has 4 nitrogen and oxygen atoms in total. The van der Waals surface area contributed by atoms with E-state index in [1.807, 2.05) is 13.0 Å². The van der Waals surface area contributed by atoms with Gasteiger partial charge in [-0.25, -0.2) is 10.3 Å². The van der Waals surface area contributed by atoms with Crippen molar-refractivity contribution in [3.05, 3.63) is 34.4 Å². The number of benzene rings is 1. The van der Waals surface area contributed by atoms with Crippen molar-refractivity contribution in [3.8, 4) is 0 Å². The number of fused-ring (bicyclic) bond motifs is 1. The Bertz CT molecular complexity index is 455. The van der Waals surface area contributed by atoms with E-state index in [0.29, 0.717) is 5.56 Å². The van der Waals surface area contributed by atoms with Crippen molar-refractivity contribution in [2.24, 2.45) is 5.11 Å². The summed E-state index contributed by atoms with van der Waals surface area (Å²) in [4.78, 5) is 11.5. The van der Waals surface area contributed by atoms with Crippen molar-refractivity contribution in [1.82, 2.24) is 0 Å². The van der Waals surface area contributed by atoms with Gasteiger partial charge in [0.15, 0.2) is 0 Å². The van der Waals surface area contributed by atoms with E-state index >= 15 is 0 Å². The highest BCUT2D eigenvalue weighted by Crippen LogP contribution is 2.36. The van der Waals surface area contributed by atoms with Crippen molar-refractivity contribution >= 4 is 5.97 Å². The smallest absolute Gasteiger partial charge is 0.338 e. The van der Waals surface area contributed by atoms with Crippen LogP contribution in [0.3, 0.4) is 0 Å². The molecule has 1 aliphatic rings. The molecule has 0 amide bonds. The molecule has 1 atom stereocenters. The Hall–Kier alpha value is -1.71. The summed E-state index contributed by atoms with van der Waals surface area (Å²) < 4.78 is 4.73. The Balaban J connectivity index is 2.50. The van der Waals surface area contributed by atoms with Gasteiger partial charge < -0.3 is 4.74 Å². The molecule has 0 heterocycles. The van der Waals surface area contributed by atoms with Gasteiger partial charge in [0.25, 0.3) is 0 Å². The lowest BCUT2D eigenvalue weighted by molar-refractivity contribution is 0.0600. The third kappa shape index (κ3) is 1.50. The SMILES string of the molecule is COC(=O)c1ccc2c(c1C)CC[C@@H]2N=N. The van der Waals surface area contributed by atoms with Crippen LogP contribution in [0.2, 0.25) is 0 Å². The van der Waals surface area contributed by atoms with Gasteiger partial charge in [0.1, 0.15) is 0 Å². The number of rotatable bonds is 2. The third-order valence-corrected chi connectivity index (χ3v) is 3.22. The lowest BCUT2D eigenvalue weighted by Crippen LogP contribution is -2.06. The van der Waals surface area contributed by atoms with Crippen LogP contribution in [-0.2, 0) is 11.2 Å². The molecule has 0 saturated carbocycles. The molecule has 0 aliphatic heterocycles. The minimum atomic E-state index is -0.299. The largest absolute Gasteiger partial charge is 0.465 e. The summed E-state index contributed by atoms with van der Waals surface area (Å²) in [5.41, 5.74) is 10.9. The zero-order valence-electron chi connectivity index (χ0n) is 9.41. The van der Waals surface area contributed by atoms with Gasteiger partial charge in [-0.05, 0) is 42.5 Å². The number of carbonyl (C=O) groups excluding carboxylic acids is 1. The Morgan fingerprint density at radius 1 is 1.56 bits per heavy atom. The molecule has 0 unspecified atom stereocenters. The van der Waals surface area contributed by atoms with E-state index in [1.165, 1.54) is 7.11 Å². The van der Waals surface area contributed by atoms with E-state index in [1.54, 1.807) is 6.07 Å². The van der Waals surface area contributed by atoms with Gasteiger partial charge in [0, 0.05) is 0 Å². The molecule has 1 N–H and O–H groups in total. The van der Waals surface area contributed by atoms with E-state index < -0.39 is 0 Å². The number of nitrogens with zero attached hydrogens (tertiary/aromatic N) is 1. The third-order valence-electron chi connectivity index (χ3n) is 3.22. The van der Waals surface area contributed by atoms with Crippen molar-refractivity contribution in [2.45, 2.75) is 25.8 Å². The first-order valence-electron chi connectivity index (χ1n) is 5.26. The zero-order chi connectivity index (χ0) is 11.7. The van der Waals surface area contributed by atoms with E-state index in [9.17, 15) is 4.79 Å². The van der Waals surface area contributed by atoms with Crippen LogP contribution in [0.1, 0.15) is 39.5 Å². The average molecular weight is 218 g/mol. The highest BCUT2D eigenvalue weighted by molar-refractivity contribution is 5.91. The standard InChI is InChI=1S/C12H14N2O2/c1-7-8-5-6-11(14-13)10(8)4-3-9(7)12(15)16-2/h3-4,11,13H,5-6H2,1-2H3/t11-/m0/s1. The molecule has 1 aliphatic carbocycles. The number of carbonyl (C=O) groups is 1. The van der Waals surface area contributed by atoms with Crippen LogP contribution >= 0.6 is 0 Å². The van der Waals surface area contributed by atoms with Gasteiger partial charge in [0.05, 0.1) is 18.7 Å². The Labute approximate surface area is 94.1 Å². The van der Waals surface area contributed by atoms with E-state index in [0.717, 1.165) is 29.5 Å². The average Bonchev–Trinajstić information content (AvgIpc) is 2.72. The lowest BCUT2D eigenvalue weighted by atomic mass is 9.98. The maximum Gasteiger partial charge on any atom is 0.338 e. The number of ether oxygens (including phenoxy) is 1. The summed E-state index contributed by atoms with van der Waals surface area (Å²) in [6, 6.07) is 3.63. The summed E-state index contributed by atoms with van der Waals surface area (Å²) >= 11 is 0. The van der Waals surface area contributed by atoms with E-state index in [4.69, 9.17) is 10.3 Å². The molecule has 0 aromatic heterocycles. The monoisotopic (exact) mass is 218 g/mol. The van der Waals surface area contributed by atoms with Crippen LogP contribution in [0.25, 0.3) is 0 Å². The van der Waals surface area contributed by atoms with Gasteiger partial charge in [-0.15, -0.1) is 0 Å². The fourth-order valence-electron chi connectivity index (χ4n) is 2.32. The van der Waals surface area contributed by atoms with E-state index in [-0.39, 0.29) is 12.0 Å². The van der Waals surface area contributed by atoms with Crippen LogP contribution in [0.15, 0.2) is 17.2 Å². The van der Waals surface area contributed by atoms with Crippen molar-refractivity contribution in [3.63, 3.8) is 0 Å². The highest BCUT2D eigenvalue weighted by atomic mass is 16.5. The summed E-state index contributed by atoms with van der Waals surface area (Å²) in [7, 11) is 1.39. The van der Waals surface area contributed by atoms with Gasteiger partial charge in [-0.3, -0.25) is 0 Å². The Kier molecular flexibility index (Phi) is 2.73. The summed E-state index contributed by atoms with van der Waals surface area (Å²) in [5, 5.41) is 3.60. The molecule has 0 fully saturated rings. The highest BCUT2D eigenvalue weighted by Gasteiger charge is 2.25. The number of esters is 1. The molecule has 1 aromatic carbocycles. The molecule has 0 saturated heterocycles. The molecule has 2 rings (SSSR count). The quantitative estimate of drug-likeness (QED) is 0.612. The molecule has 1 aromatic rings. The molecule has 84 valence electrons. The Morgan fingerprint density at radius 3 is 2.94 bits per heavy atom. The molecule has 0 bridgehead atoms. The topological polar surface area (TPSA) is 62.5 Å². The van der Waals surface area contributed by atoms with Gasteiger partial charge in [0.2, 0.25) is 0 Å². The number of hydrogen-bond donors (Lipinski definition) is 1. The van der Waals surface area contributed by atoms with Gasteiger partial charge >= 0.3 is 5.97 Å². The van der Waals surface area contributed by atoms with Gasteiger partial charge in [-0.2, -0.15) is 5.11 Å². The maximum absolute atomic E-state index is 11.5. The fraction of sp³-hybridized carbons (Fsp3) is 0.417. The summed E-state index contributed by atoms with van der Waals surface area (Å²) in [6.07, 6.45) is 1.75. The van der Waals surface area contributed by atoms with Gasteiger partial charge in [-0.1, -0.05) is 6.07 Å². The lowest BCUT2D eigenvalue weighted by Gasteiger charge is -2.10. The molecule has 0 radical (unpaired) electrons. The molecule has 16 heavy (non-hydrogen) atoms. The number of hydrogen-bond acceptors (Lipinski definition) is 4. The second-order valence-corrected chi connectivity index (χ2v) is 3.98. The fourth-order valence-corrected chi connectivity index (χ4v) is 2.32. The molecule has 0 spiro atoms. The maximum atomic E-state index is 11.5. The van der Waals surface area contributed by atoms with Crippen molar-refractivity contribution in [2.75, 3.05) is 7.11 Å². The van der Waals surface area contributed by atoms with Crippen LogP contribution < -0.4 is 0 Å². The first-order chi connectivity index (χ1) is 7.69. The van der Waals surface area contributed by atoms with Crippen LogP contribution in [0.5, 0.6) is 0 Å². The normalized spacial score (nSPS) is 18.0. The second-order valence-electron chi connectivity index (χ2n) is 3.98. The zero-order valence-corrected chi connectivity index (χ0v) is 9.41. The van der Waals surface area contributed by atoms with Crippen molar-refractivity contribution in [1.29, 1.82) is 5.53 Å². The molecular weight excluding hydrogens is 204 g/mol. The minimum absolute atomic E-state index is 0.0274. The van der Waals surface area contributed by atoms with Crippen LogP contribution in [-0.4, -0.2) is 13.1 Å². The molecular formula is C12H14N2O2. The molecule has 4 heteroatoms. The predicted molar refractivity (Wildman–Crippen MR) is 58.7 cm³/mol. The first kappa shape index (κ1) is 10.8. The summed E-state index contributed by atoms with van der Waals surface area (Å²) in [6.45, 7) is 1.93. The van der Waals surface area contributed by atoms with Crippen LogP contribution in [0.4, 0.5) is 0 Å². The predicted octanol–water partition coefficient (Wildman–Crippen LogP) is 2.80. The Morgan fingerprint density at radius 2 is 2.31 bits per heavy atom. The second kappa shape index (κ2) is 4.04. The van der Waals surface area contributed by atoms with Crippen molar-refractivity contribution < 1.29 is 9.53 Å². The first-order valence-corrected chi connectivity index (χ1v) is 5.26. The number of nitrogens with one attached hydrogen (secondary N) is 1. The summed E-state index contributed by atoms with van der Waals surface area (Å²) in [5.74, 6) is -0.299. The number of methoxy groups -OCH3 is 1. The van der Waals surface area contributed by atoms with E-state index in [2.05, 4.69) is 5.11 Å².